The fourth-order valence-electron chi connectivity index (χ4n) is 2.08. The molecule has 0 aliphatic carbocycles. The molecule has 5 heteroatoms. The predicted octanol–water partition coefficient (Wildman–Crippen LogP) is 1.80. The van der Waals surface area contributed by atoms with Gasteiger partial charge >= 0.3 is 0 Å². The molecule has 0 amide bonds. The highest BCUT2D eigenvalue weighted by Crippen LogP contribution is 2.21. The summed E-state index contributed by atoms with van der Waals surface area (Å²) in [7, 11) is 0. The van der Waals surface area contributed by atoms with Gasteiger partial charge in [0, 0.05) is 13.1 Å². The molecule has 4 nitrogen and oxygen atoms in total. The van der Waals surface area contributed by atoms with Crippen LogP contribution in [0.2, 0.25) is 0 Å². The largest absolute Gasteiger partial charge is 0.489 e. The van der Waals surface area contributed by atoms with Crippen molar-refractivity contribution < 1.29 is 13.9 Å². The highest BCUT2D eigenvalue weighted by molar-refractivity contribution is 5.43. The summed E-state index contributed by atoms with van der Waals surface area (Å²) in [6, 6.07) is 6.20. The lowest BCUT2D eigenvalue weighted by atomic mass is 10.2. The van der Waals surface area contributed by atoms with Crippen LogP contribution in [0, 0.1) is 17.1 Å². The van der Waals surface area contributed by atoms with Crippen LogP contribution in [0.25, 0.3) is 0 Å². The molecular weight excluding hydrogens is 247 g/mol. The Morgan fingerprint density at radius 1 is 1.58 bits per heavy atom. The summed E-state index contributed by atoms with van der Waals surface area (Å²) in [6.45, 7) is 5.81. The van der Waals surface area contributed by atoms with Crippen LogP contribution in [0.3, 0.4) is 0 Å². The molecule has 19 heavy (non-hydrogen) atoms. The molecule has 1 aromatic carbocycles. The fraction of sp³-hybridized carbons (Fsp3) is 0.500. The maximum Gasteiger partial charge on any atom is 0.144 e. The minimum absolute atomic E-state index is 0.0384. The minimum Gasteiger partial charge on any atom is -0.489 e. The van der Waals surface area contributed by atoms with E-state index in [9.17, 15) is 4.39 Å². The molecule has 0 N–H and O–H groups in total. The van der Waals surface area contributed by atoms with Gasteiger partial charge < -0.3 is 9.47 Å². The molecule has 1 heterocycles. The Balaban J connectivity index is 1.96. The van der Waals surface area contributed by atoms with Gasteiger partial charge in [0.05, 0.1) is 6.61 Å². The van der Waals surface area contributed by atoms with Crippen LogP contribution in [0.4, 0.5) is 4.39 Å². The van der Waals surface area contributed by atoms with Gasteiger partial charge in [-0.15, -0.1) is 0 Å². The average Bonchev–Trinajstić information content (AvgIpc) is 2.45. The minimum atomic E-state index is -0.556. The van der Waals surface area contributed by atoms with E-state index in [0.717, 1.165) is 19.6 Å². The predicted molar refractivity (Wildman–Crippen MR) is 68.5 cm³/mol. The van der Waals surface area contributed by atoms with Crippen molar-refractivity contribution >= 4 is 0 Å². The number of halogens is 1. The van der Waals surface area contributed by atoms with E-state index in [1.165, 1.54) is 12.1 Å². The Morgan fingerprint density at radius 2 is 2.42 bits per heavy atom. The second kappa shape index (κ2) is 6.50. The highest BCUT2D eigenvalue weighted by atomic mass is 19.1. The molecule has 1 fully saturated rings. The highest BCUT2D eigenvalue weighted by Gasteiger charge is 2.20. The molecule has 2 rings (SSSR count). The number of nitrogens with zero attached hydrogens (tertiary/aromatic N) is 2. The Kier molecular flexibility index (Phi) is 4.72. The summed E-state index contributed by atoms with van der Waals surface area (Å²) in [5.74, 6) is -0.278. The molecule has 1 aliphatic heterocycles. The fourth-order valence-corrected chi connectivity index (χ4v) is 2.08. The van der Waals surface area contributed by atoms with Gasteiger partial charge in [0.2, 0.25) is 0 Å². The molecule has 1 aromatic rings. The van der Waals surface area contributed by atoms with Crippen LogP contribution >= 0.6 is 0 Å². The van der Waals surface area contributed by atoms with E-state index < -0.39 is 5.82 Å². The lowest BCUT2D eigenvalue weighted by molar-refractivity contribution is -0.0464. The number of hydrogen-bond acceptors (Lipinski definition) is 4. The number of rotatable bonds is 4. The number of hydrogen-bond donors (Lipinski definition) is 0. The quantitative estimate of drug-likeness (QED) is 0.832. The number of benzene rings is 1. The molecule has 1 atom stereocenters. The Labute approximate surface area is 112 Å². The van der Waals surface area contributed by atoms with Gasteiger partial charge in [-0.25, -0.2) is 4.39 Å². The van der Waals surface area contributed by atoms with Crippen molar-refractivity contribution in [3.05, 3.63) is 29.6 Å². The molecule has 0 radical (unpaired) electrons. The van der Waals surface area contributed by atoms with E-state index in [-0.39, 0.29) is 17.4 Å². The number of ether oxygens (including phenoxy) is 2. The van der Waals surface area contributed by atoms with Crippen LogP contribution in [0.15, 0.2) is 18.2 Å². The van der Waals surface area contributed by atoms with Gasteiger partial charge in [0.15, 0.2) is 0 Å². The second-order valence-electron chi connectivity index (χ2n) is 4.42. The smallest absolute Gasteiger partial charge is 0.144 e. The normalized spacial score (nSPS) is 19.9. The third-order valence-corrected chi connectivity index (χ3v) is 3.18. The summed E-state index contributed by atoms with van der Waals surface area (Å²) in [4.78, 5) is 2.27. The summed E-state index contributed by atoms with van der Waals surface area (Å²) in [5.41, 5.74) is -0.0503. The first-order valence-corrected chi connectivity index (χ1v) is 6.40. The molecule has 0 bridgehead atoms. The SMILES string of the molecule is CCN1CCOC(COc2cccc(F)c2C#N)C1. The van der Waals surface area contributed by atoms with Crippen molar-refractivity contribution in [3.63, 3.8) is 0 Å². The first kappa shape index (κ1) is 13.8. The summed E-state index contributed by atoms with van der Waals surface area (Å²) in [6.07, 6.45) is -0.0384. The van der Waals surface area contributed by atoms with Crippen LogP contribution in [0.1, 0.15) is 12.5 Å². The molecule has 102 valence electrons. The molecule has 0 aromatic heterocycles. The molecule has 1 saturated heterocycles. The van der Waals surface area contributed by atoms with Gasteiger partial charge in [-0.1, -0.05) is 13.0 Å². The Morgan fingerprint density at radius 3 is 3.16 bits per heavy atom. The molecule has 0 saturated carbocycles. The topological polar surface area (TPSA) is 45.5 Å². The Bertz CT molecular complexity index is 473. The summed E-state index contributed by atoms with van der Waals surface area (Å²) < 4.78 is 24.5. The van der Waals surface area contributed by atoms with Gasteiger partial charge in [0.25, 0.3) is 0 Å². The van der Waals surface area contributed by atoms with Crippen molar-refractivity contribution in [2.45, 2.75) is 13.0 Å². The third kappa shape index (κ3) is 3.43. The van der Waals surface area contributed by atoms with Gasteiger partial charge in [0.1, 0.15) is 35.9 Å². The van der Waals surface area contributed by atoms with Crippen LogP contribution in [0.5, 0.6) is 5.75 Å². The maximum absolute atomic E-state index is 13.4. The zero-order chi connectivity index (χ0) is 13.7. The van der Waals surface area contributed by atoms with Crippen molar-refractivity contribution in [2.24, 2.45) is 0 Å². The first-order chi connectivity index (χ1) is 9.24. The number of nitriles is 1. The third-order valence-electron chi connectivity index (χ3n) is 3.18. The van der Waals surface area contributed by atoms with Crippen LogP contribution in [-0.2, 0) is 4.74 Å². The molecular formula is C14H17FN2O2. The molecule has 0 spiro atoms. The standard InChI is InChI=1S/C14H17FN2O2/c1-2-17-6-7-18-11(9-17)10-19-14-5-3-4-13(15)12(14)8-16/h3-5,11H,2,6-7,9-10H2,1H3. The van der Waals surface area contributed by atoms with Crippen molar-refractivity contribution in [2.75, 3.05) is 32.8 Å². The number of likely N-dealkylation sites (N-methyl/N-ethyl adjacent to an activating group) is 1. The van der Waals surface area contributed by atoms with Crippen LogP contribution in [-0.4, -0.2) is 43.9 Å². The average molecular weight is 264 g/mol. The lowest BCUT2D eigenvalue weighted by Gasteiger charge is -2.31. The van der Waals surface area contributed by atoms with Crippen LogP contribution < -0.4 is 4.74 Å². The van der Waals surface area contributed by atoms with Crippen molar-refractivity contribution in [1.82, 2.24) is 4.90 Å². The van der Waals surface area contributed by atoms with Gasteiger partial charge in [-0.05, 0) is 18.7 Å². The van der Waals surface area contributed by atoms with Crippen molar-refractivity contribution in [3.8, 4) is 11.8 Å². The van der Waals surface area contributed by atoms with Gasteiger partial charge in [-0.2, -0.15) is 5.26 Å². The zero-order valence-electron chi connectivity index (χ0n) is 10.9. The second-order valence-corrected chi connectivity index (χ2v) is 4.42. The van der Waals surface area contributed by atoms with E-state index >= 15 is 0 Å². The van der Waals surface area contributed by atoms with E-state index in [0.29, 0.717) is 13.2 Å². The monoisotopic (exact) mass is 264 g/mol. The molecule has 1 aliphatic rings. The maximum atomic E-state index is 13.4. The number of morpholine rings is 1. The van der Waals surface area contributed by atoms with E-state index in [1.807, 2.05) is 6.07 Å². The first-order valence-electron chi connectivity index (χ1n) is 6.40. The van der Waals surface area contributed by atoms with E-state index in [4.69, 9.17) is 14.7 Å². The summed E-state index contributed by atoms with van der Waals surface area (Å²) >= 11 is 0. The van der Waals surface area contributed by atoms with Gasteiger partial charge in [-0.3, -0.25) is 4.90 Å². The van der Waals surface area contributed by atoms with E-state index in [2.05, 4.69) is 11.8 Å². The Hall–Kier alpha value is -1.64. The molecule has 1 unspecified atom stereocenters. The lowest BCUT2D eigenvalue weighted by Crippen LogP contribution is -2.44. The summed E-state index contributed by atoms with van der Waals surface area (Å²) in [5, 5.41) is 8.91. The zero-order valence-corrected chi connectivity index (χ0v) is 10.9. The van der Waals surface area contributed by atoms with Crippen molar-refractivity contribution in [1.29, 1.82) is 5.26 Å². The van der Waals surface area contributed by atoms with E-state index in [1.54, 1.807) is 6.07 Å².